The predicted octanol–water partition coefficient (Wildman–Crippen LogP) is 4.03. The molecule has 0 bridgehead atoms. The first-order valence-electron chi connectivity index (χ1n) is 8.68. The van der Waals surface area contributed by atoms with E-state index < -0.39 is 11.7 Å². The van der Waals surface area contributed by atoms with Crippen LogP contribution in [0.25, 0.3) is 0 Å². The van der Waals surface area contributed by atoms with Crippen LogP contribution in [0.3, 0.4) is 0 Å². The zero-order chi connectivity index (χ0) is 19.4. The lowest BCUT2D eigenvalue weighted by Gasteiger charge is -2.09. The zero-order valence-corrected chi connectivity index (χ0v) is 14.5. The molecule has 0 aliphatic heterocycles. The third-order valence-electron chi connectivity index (χ3n) is 4.34. The number of nitrogens with one attached hydrogen (secondary N) is 2. The largest absolute Gasteiger partial charge is 0.416 e. The Morgan fingerprint density at radius 3 is 2.15 bits per heavy atom. The standard InChI is InChI=1S/C20H19F3N2O2/c21-20(22,23)16-7-1-13(2-8-16)11-12-24-18(26)14-5-9-17(10-6-14)25-19(27)15-3-4-15/h1-2,5-10,15H,3-4,11-12H2,(H,24,26)(H,25,27). The Hall–Kier alpha value is -2.83. The highest BCUT2D eigenvalue weighted by molar-refractivity contribution is 5.96. The summed E-state index contributed by atoms with van der Waals surface area (Å²) in [4.78, 5) is 23.8. The van der Waals surface area contributed by atoms with E-state index in [-0.39, 0.29) is 17.7 Å². The summed E-state index contributed by atoms with van der Waals surface area (Å²) >= 11 is 0. The van der Waals surface area contributed by atoms with Crippen molar-refractivity contribution in [3.05, 3.63) is 65.2 Å². The monoisotopic (exact) mass is 376 g/mol. The summed E-state index contributed by atoms with van der Waals surface area (Å²) in [5.74, 6) is -0.163. The lowest BCUT2D eigenvalue weighted by atomic mass is 10.1. The lowest BCUT2D eigenvalue weighted by Crippen LogP contribution is -2.25. The highest BCUT2D eigenvalue weighted by atomic mass is 19.4. The van der Waals surface area contributed by atoms with Gasteiger partial charge >= 0.3 is 6.18 Å². The Morgan fingerprint density at radius 2 is 1.59 bits per heavy atom. The van der Waals surface area contributed by atoms with Crippen LogP contribution in [-0.2, 0) is 17.4 Å². The van der Waals surface area contributed by atoms with Gasteiger partial charge in [-0.3, -0.25) is 9.59 Å². The van der Waals surface area contributed by atoms with Crippen molar-refractivity contribution in [3.63, 3.8) is 0 Å². The van der Waals surface area contributed by atoms with Gasteiger partial charge in [0.25, 0.3) is 5.91 Å². The van der Waals surface area contributed by atoms with Gasteiger partial charge in [-0.15, -0.1) is 0 Å². The fraction of sp³-hybridized carbons (Fsp3) is 0.300. The highest BCUT2D eigenvalue weighted by Gasteiger charge is 2.30. The number of rotatable bonds is 6. The molecule has 7 heteroatoms. The SMILES string of the molecule is O=C(NCCc1ccc(C(F)(F)F)cc1)c1ccc(NC(=O)C2CC2)cc1. The molecule has 1 saturated carbocycles. The number of carbonyl (C=O) groups excluding carboxylic acids is 2. The minimum Gasteiger partial charge on any atom is -0.352 e. The summed E-state index contributed by atoms with van der Waals surface area (Å²) < 4.78 is 37.6. The van der Waals surface area contributed by atoms with Crippen LogP contribution in [0.4, 0.5) is 18.9 Å². The molecular weight excluding hydrogens is 357 g/mol. The number of carbonyl (C=O) groups is 2. The Kier molecular flexibility index (Phi) is 5.48. The Balaban J connectivity index is 1.46. The topological polar surface area (TPSA) is 58.2 Å². The van der Waals surface area contributed by atoms with Crippen molar-refractivity contribution >= 4 is 17.5 Å². The van der Waals surface area contributed by atoms with Crippen LogP contribution in [0.5, 0.6) is 0 Å². The van der Waals surface area contributed by atoms with E-state index in [1.165, 1.54) is 12.1 Å². The third-order valence-corrected chi connectivity index (χ3v) is 4.34. The van der Waals surface area contributed by atoms with Crippen molar-refractivity contribution in [2.24, 2.45) is 5.92 Å². The highest BCUT2D eigenvalue weighted by Crippen LogP contribution is 2.30. The molecule has 0 aromatic heterocycles. The normalized spacial score (nSPS) is 13.9. The van der Waals surface area contributed by atoms with Gasteiger partial charge in [0.05, 0.1) is 5.56 Å². The first-order chi connectivity index (χ1) is 12.8. The number of anilines is 1. The molecule has 1 fully saturated rings. The van der Waals surface area contributed by atoms with Crippen LogP contribution in [0.2, 0.25) is 0 Å². The molecule has 1 aliphatic rings. The minimum absolute atomic E-state index is 0.00347. The number of alkyl halides is 3. The summed E-state index contributed by atoms with van der Waals surface area (Å²) in [6.45, 7) is 0.310. The second-order valence-electron chi connectivity index (χ2n) is 6.54. The number of benzene rings is 2. The van der Waals surface area contributed by atoms with Crippen LogP contribution in [0, 0.1) is 5.92 Å². The molecule has 3 rings (SSSR count). The maximum absolute atomic E-state index is 12.5. The zero-order valence-electron chi connectivity index (χ0n) is 14.5. The molecule has 0 unspecified atom stereocenters. The molecule has 0 atom stereocenters. The summed E-state index contributed by atoms with van der Waals surface area (Å²) in [7, 11) is 0. The molecule has 27 heavy (non-hydrogen) atoms. The van der Waals surface area contributed by atoms with Gasteiger partial charge in [-0.1, -0.05) is 12.1 Å². The number of hydrogen-bond acceptors (Lipinski definition) is 2. The maximum atomic E-state index is 12.5. The van der Waals surface area contributed by atoms with E-state index in [0.29, 0.717) is 29.8 Å². The van der Waals surface area contributed by atoms with Crippen LogP contribution < -0.4 is 10.6 Å². The Morgan fingerprint density at radius 1 is 0.963 bits per heavy atom. The fourth-order valence-corrected chi connectivity index (χ4v) is 2.58. The summed E-state index contributed by atoms with van der Waals surface area (Å²) in [6.07, 6.45) is -2.08. The van der Waals surface area contributed by atoms with Gasteiger partial charge in [-0.2, -0.15) is 13.2 Å². The first kappa shape index (κ1) is 18.9. The van der Waals surface area contributed by atoms with Gasteiger partial charge in [0.1, 0.15) is 0 Å². The lowest BCUT2D eigenvalue weighted by molar-refractivity contribution is -0.137. The van der Waals surface area contributed by atoms with Gasteiger partial charge in [0.2, 0.25) is 5.91 Å². The first-order valence-corrected chi connectivity index (χ1v) is 8.68. The maximum Gasteiger partial charge on any atom is 0.416 e. The van der Waals surface area contributed by atoms with Crippen LogP contribution in [0.15, 0.2) is 48.5 Å². The quantitative estimate of drug-likeness (QED) is 0.800. The smallest absolute Gasteiger partial charge is 0.352 e. The van der Waals surface area contributed by atoms with Crippen molar-refractivity contribution < 1.29 is 22.8 Å². The molecule has 142 valence electrons. The summed E-state index contributed by atoms with van der Waals surface area (Å²) in [6, 6.07) is 11.5. The van der Waals surface area contributed by atoms with Crippen LogP contribution in [0.1, 0.15) is 34.3 Å². The molecule has 2 aromatic rings. The fourth-order valence-electron chi connectivity index (χ4n) is 2.58. The molecule has 0 heterocycles. The van der Waals surface area contributed by atoms with Crippen molar-refractivity contribution in [1.29, 1.82) is 0 Å². The van der Waals surface area contributed by atoms with Crippen molar-refractivity contribution in [2.75, 3.05) is 11.9 Å². The average molecular weight is 376 g/mol. The van der Waals surface area contributed by atoms with Crippen molar-refractivity contribution in [3.8, 4) is 0 Å². The molecular formula is C20H19F3N2O2. The van der Waals surface area contributed by atoms with E-state index in [2.05, 4.69) is 10.6 Å². The second-order valence-corrected chi connectivity index (χ2v) is 6.54. The van der Waals surface area contributed by atoms with Gasteiger partial charge < -0.3 is 10.6 Å². The molecule has 2 N–H and O–H groups in total. The summed E-state index contributed by atoms with van der Waals surface area (Å²) in [5.41, 5.74) is 1.12. The minimum atomic E-state index is -4.35. The van der Waals surface area contributed by atoms with Crippen LogP contribution in [-0.4, -0.2) is 18.4 Å². The van der Waals surface area contributed by atoms with E-state index in [1.807, 2.05) is 0 Å². The van der Waals surface area contributed by atoms with Crippen molar-refractivity contribution in [1.82, 2.24) is 5.32 Å². The van der Waals surface area contributed by atoms with Gasteiger partial charge in [0, 0.05) is 23.7 Å². The number of hydrogen-bond donors (Lipinski definition) is 2. The Labute approximate surface area is 154 Å². The van der Waals surface area contributed by atoms with E-state index >= 15 is 0 Å². The van der Waals surface area contributed by atoms with Gasteiger partial charge in [-0.05, 0) is 61.2 Å². The second kappa shape index (κ2) is 7.82. The Bertz CT molecular complexity index is 811. The third kappa shape index (κ3) is 5.32. The molecule has 1 aliphatic carbocycles. The molecule has 2 amide bonds. The molecule has 0 saturated heterocycles. The van der Waals surface area contributed by atoms with E-state index in [0.717, 1.165) is 25.0 Å². The average Bonchev–Trinajstić information content (AvgIpc) is 3.47. The molecule has 0 radical (unpaired) electrons. The number of halogens is 3. The molecule has 0 spiro atoms. The predicted molar refractivity (Wildman–Crippen MR) is 95.3 cm³/mol. The van der Waals surface area contributed by atoms with Gasteiger partial charge in [0.15, 0.2) is 0 Å². The van der Waals surface area contributed by atoms with Crippen LogP contribution >= 0.6 is 0 Å². The van der Waals surface area contributed by atoms with E-state index in [1.54, 1.807) is 24.3 Å². The van der Waals surface area contributed by atoms with E-state index in [9.17, 15) is 22.8 Å². The summed E-state index contributed by atoms with van der Waals surface area (Å²) in [5, 5.41) is 5.53. The molecule has 4 nitrogen and oxygen atoms in total. The van der Waals surface area contributed by atoms with E-state index in [4.69, 9.17) is 0 Å². The van der Waals surface area contributed by atoms with Gasteiger partial charge in [-0.25, -0.2) is 0 Å². The number of amides is 2. The van der Waals surface area contributed by atoms with Crippen molar-refractivity contribution in [2.45, 2.75) is 25.4 Å². The molecule has 2 aromatic carbocycles.